The van der Waals surface area contributed by atoms with E-state index in [4.69, 9.17) is 15.2 Å². The van der Waals surface area contributed by atoms with Gasteiger partial charge in [0.2, 0.25) is 0 Å². The predicted octanol–water partition coefficient (Wildman–Crippen LogP) is 2.76. The molecule has 0 radical (unpaired) electrons. The number of nitrogens with zero attached hydrogens (tertiary/aromatic N) is 1. The molecule has 0 amide bonds. The molecule has 6 nitrogen and oxygen atoms in total. The molecule has 0 spiro atoms. The van der Waals surface area contributed by atoms with Crippen LogP contribution in [0.25, 0.3) is 0 Å². The molecule has 2 rings (SSSR count). The number of nitro groups is 1. The molecule has 0 atom stereocenters. The van der Waals surface area contributed by atoms with Crippen LogP contribution >= 0.6 is 0 Å². The standard InChI is InChI=1S/C14H14N2O4/c1-19-12-3-2-4-13(8-12)20-9-10-7-11(16(17)18)5-6-14(10)15/h2-8H,9,15H2,1H3. The molecule has 0 fully saturated rings. The molecule has 2 N–H and O–H groups in total. The Balaban J connectivity index is 2.13. The van der Waals surface area contributed by atoms with Gasteiger partial charge in [-0.3, -0.25) is 10.1 Å². The lowest BCUT2D eigenvalue weighted by Gasteiger charge is -2.09. The summed E-state index contributed by atoms with van der Waals surface area (Å²) in [5.74, 6) is 1.28. The second kappa shape index (κ2) is 5.92. The minimum atomic E-state index is -0.464. The summed E-state index contributed by atoms with van der Waals surface area (Å²) >= 11 is 0. The fraction of sp³-hybridized carbons (Fsp3) is 0.143. The van der Waals surface area contributed by atoms with Crippen molar-refractivity contribution in [2.45, 2.75) is 6.61 Å². The van der Waals surface area contributed by atoms with E-state index in [1.807, 2.05) is 0 Å². The number of nitrogen functional groups attached to an aromatic ring is 1. The molecule has 0 unspecified atom stereocenters. The molecule has 0 aromatic heterocycles. The van der Waals surface area contributed by atoms with Crippen LogP contribution in [0.3, 0.4) is 0 Å². The fourth-order valence-electron chi connectivity index (χ4n) is 1.68. The Morgan fingerprint density at radius 1 is 1.20 bits per heavy atom. The first-order valence-electron chi connectivity index (χ1n) is 5.90. The van der Waals surface area contributed by atoms with Gasteiger partial charge in [-0.15, -0.1) is 0 Å². The van der Waals surface area contributed by atoms with Crippen molar-refractivity contribution in [2.75, 3.05) is 12.8 Å². The van der Waals surface area contributed by atoms with Gasteiger partial charge in [-0.05, 0) is 18.2 Å². The van der Waals surface area contributed by atoms with Gasteiger partial charge < -0.3 is 15.2 Å². The third kappa shape index (κ3) is 3.17. The monoisotopic (exact) mass is 274 g/mol. The van der Waals surface area contributed by atoms with Crippen molar-refractivity contribution in [3.63, 3.8) is 0 Å². The van der Waals surface area contributed by atoms with Crippen molar-refractivity contribution in [1.29, 1.82) is 0 Å². The lowest BCUT2D eigenvalue weighted by Crippen LogP contribution is -2.01. The summed E-state index contributed by atoms with van der Waals surface area (Å²) in [4.78, 5) is 10.3. The van der Waals surface area contributed by atoms with Gasteiger partial charge >= 0.3 is 0 Å². The summed E-state index contributed by atoms with van der Waals surface area (Å²) in [6, 6.07) is 11.4. The maximum atomic E-state index is 10.7. The van der Waals surface area contributed by atoms with Gasteiger partial charge in [-0.2, -0.15) is 0 Å². The van der Waals surface area contributed by atoms with Crippen LogP contribution in [0.5, 0.6) is 11.5 Å². The Hall–Kier alpha value is -2.76. The van der Waals surface area contributed by atoms with E-state index in [2.05, 4.69) is 0 Å². The summed E-state index contributed by atoms with van der Waals surface area (Å²) in [7, 11) is 1.57. The lowest BCUT2D eigenvalue weighted by molar-refractivity contribution is -0.384. The van der Waals surface area contributed by atoms with Gasteiger partial charge in [-0.1, -0.05) is 6.07 Å². The zero-order valence-corrected chi connectivity index (χ0v) is 10.9. The third-order valence-electron chi connectivity index (χ3n) is 2.77. The van der Waals surface area contributed by atoms with Crippen molar-refractivity contribution in [3.05, 3.63) is 58.1 Å². The highest BCUT2D eigenvalue weighted by molar-refractivity contribution is 5.52. The van der Waals surface area contributed by atoms with Crippen LogP contribution in [-0.2, 0) is 6.61 Å². The smallest absolute Gasteiger partial charge is 0.269 e. The average Bonchev–Trinajstić information content (AvgIpc) is 2.46. The van der Waals surface area contributed by atoms with Gasteiger partial charge in [0, 0.05) is 29.4 Å². The molecular weight excluding hydrogens is 260 g/mol. The van der Waals surface area contributed by atoms with E-state index in [9.17, 15) is 10.1 Å². The molecule has 2 aromatic rings. The van der Waals surface area contributed by atoms with Crippen molar-refractivity contribution in [3.8, 4) is 11.5 Å². The van der Waals surface area contributed by atoms with Crippen molar-refractivity contribution < 1.29 is 14.4 Å². The highest BCUT2D eigenvalue weighted by Crippen LogP contribution is 2.23. The quantitative estimate of drug-likeness (QED) is 0.514. The van der Waals surface area contributed by atoms with Gasteiger partial charge in [0.1, 0.15) is 18.1 Å². The largest absolute Gasteiger partial charge is 0.497 e. The van der Waals surface area contributed by atoms with Gasteiger partial charge in [0.25, 0.3) is 5.69 Å². The highest BCUT2D eigenvalue weighted by Gasteiger charge is 2.09. The van der Waals surface area contributed by atoms with Gasteiger partial charge in [0.05, 0.1) is 12.0 Å². The van der Waals surface area contributed by atoms with Crippen molar-refractivity contribution in [2.24, 2.45) is 0 Å². The minimum Gasteiger partial charge on any atom is -0.497 e. The number of nitro benzene ring substituents is 1. The maximum absolute atomic E-state index is 10.7. The molecule has 0 saturated heterocycles. The maximum Gasteiger partial charge on any atom is 0.269 e. The number of anilines is 1. The zero-order chi connectivity index (χ0) is 14.5. The summed E-state index contributed by atoms with van der Waals surface area (Å²) in [6.45, 7) is 0.153. The van der Waals surface area contributed by atoms with E-state index >= 15 is 0 Å². The van der Waals surface area contributed by atoms with E-state index in [0.717, 1.165) is 0 Å². The summed E-state index contributed by atoms with van der Waals surface area (Å²) in [6.07, 6.45) is 0. The van der Waals surface area contributed by atoms with Gasteiger partial charge in [-0.25, -0.2) is 0 Å². The summed E-state index contributed by atoms with van der Waals surface area (Å²) < 4.78 is 10.7. The number of benzene rings is 2. The zero-order valence-electron chi connectivity index (χ0n) is 10.9. The molecular formula is C14H14N2O4. The second-order valence-electron chi connectivity index (χ2n) is 4.11. The molecule has 0 bridgehead atoms. The number of hydrogen-bond donors (Lipinski definition) is 1. The number of non-ortho nitro benzene ring substituents is 1. The Kier molecular flexibility index (Phi) is 4.05. The van der Waals surface area contributed by atoms with Crippen molar-refractivity contribution >= 4 is 11.4 Å². The first kappa shape index (κ1) is 13.7. The number of nitrogens with two attached hydrogens (primary N) is 1. The van der Waals surface area contributed by atoms with Crippen LogP contribution in [0.1, 0.15) is 5.56 Å². The number of methoxy groups -OCH3 is 1. The molecule has 6 heteroatoms. The second-order valence-corrected chi connectivity index (χ2v) is 4.11. The van der Waals surface area contributed by atoms with Crippen LogP contribution in [-0.4, -0.2) is 12.0 Å². The van der Waals surface area contributed by atoms with E-state index < -0.39 is 4.92 Å². The average molecular weight is 274 g/mol. The normalized spacial score (nSPS) is 10.1. The number of ether oxygens (including phenoxy) is 2. The molecule has 2 aromatic carbocycles. The molecule has 0 aliphatic heterocycles. The first-order valence-corrected chi connectivity index (χ1v) is 5.90. The topological polar surface area (TPSA) is 87.6 Å². The predicted molar refractivity (Wildman–Crippen MR) is 74.8 cm³/mol. The first-order chi connectivity index (χ1) is 9.60. The molecule has 0 saturated carbocycles. The summed E-state index contributed by atoms with van der Waals surface area (Å²) in [5.41, 5.74) is 6.80. The van der Waals surface area contributed by atoms with Crippen LogP contribution in [0.4, 0.5) is 11.4 Å². The molecule has 104 valence electrons. The Morgan fingerprint density at radius 2 is 1.95 bits per heavy atom. The Labute approximate surface area is 115 Å². The van der Waals surface area contributed by atoms with Crippen LogP contribution in [0.2, 0.25) is 0 Å². The molecule has 0 aliphatic carbocycles. The SMILES string of the molecule is COc1cccc(OCc2cc([N+](=O)[O-])ccc2N)c1. The molecule has 0 aliphatic rings. The molecule has 20 heavy (non-hydrogen) atoms. The third-order valence-corrected chi connectivity index (χ3v) is 2.77. The van der Waals surface area contributed by atoms with Gasteiger partial charge in [0.15, 0.2) is 0 Å². The summed E-state index contributed by atoms with van der Waals surface area (Å²) in [5, 5.41) is 10.7. The van der Waals surface area contributed by atoms with E-state index in [1.165, 1.54) is 18.2 Å². The molecule has 0 heterocycles. The van der Waals surface area contributed by atoms with E-state index in [-0.39, 0.29) is 12.3 Å². The van der Waals surface area contributed by atoms with E-state index in [0.29, 0.717) is 22.7 Å². The lowest BCUT2D eigenvalue weighted by atomic mass is 10.1. The van der Waals surface area contributed by atoms with Crippen LogP contribution in [0, 0.1) is 10.1 Å². The number of hydrogen-bond acceptors (Lipinski definition) is 5. The number of rotatable bonds is 5. The van der Waals surface area contributed by atoms with Crippen molar-refractivity contribution in [1.82, 2.24) is 0 Å². The van der Waals surface area contributed by atoms with E-state index in [1.54, 1.807) is 31.4 Å². The van der Waals surface area contributed by atoms with Crippen LogP contribution in [0.15, 0.2) is 42.5 Å². The Morgan fingerprint density at radius 3 is 2.65 bits per heavy atom. The highest BCUT2D eigenvalue weighted by atomic mass is 16.6. The van der Waals surface area contributed by atoms with Crippen LogP contribution < -0.4 is 15.2 Å². The Bertz CT molecular complexity index is 628. The fourth-order valence-corrected chi connectivity index (χ4v) is 1.68. The minimum absolute atomic E-state index is 0.0107.